The van der Waals surface area contributed by atoms with Crippen LogP contribution in [-0.4, -0.2) is 51.7 Å². The summed E-state index contributed by atoms with van der Waals surface area (Å²) in [5.41, 5.74) is 1.40. The molecule has 1 aromatic carbocycles. The summed E-state index contributed by atoms with van der Waals surface area (Å²) < 4.78 is 40.7. The molecule has 2 aromatic rings. The molecule has 1 aromatic heterocycles. The summed E-state index contributed by atoms with van der Waals surface area (Å²) in [7, 11) is 0. The third-order valence-corrected chi connectivity index (χ3v) is 5.35. The van der Waals surface area contributed by atoms with E-state index in [0.717, 1.165) is 24.1 Å². The van der Waals surface area contributed by atoms with E-state index in [1.165, 1.54) is 22.9 Å². The molecule has 8 heteroatoms. The molecule has 5 nitrogen and oxygen atoms in total. The van der Waals surface area contributed by atoms with Crippen LogP contribution >= 0.6 is 0 Å². The number of rotatable bonds is 6. The summed E-state index contributed by atoms with van der Waals surface area (Å²) >= 11 is 0. The van der Waals surface area contributed by atoms with E-state index in [1.807, 2.05) is 6.07 Å². The predicted molar refractivity (Wildman–Crippen MR) is 97.4 cm³/mol. The lowest BCUT2D eigenvalue weighted by Gasteiger charge is -2.34. The van der Waals surface area contributed by atoms with Crippen LogP contribution in [0.15, 0.2) is 30.3 Å². The Morgan fingerprint density at radius 3 is 2.54 bits per heavy atom. The van der Waals surface area contributed by atoms with Gasteiger partial charge < -0.3 is 4.90 Å². The Morgan fingerprint density at radius 1 is 1.14 bits per heavy atom. The molecule has 1 aliphatic heterocycles. The van der Waals surface area contributed by atoms with E-state index in [9.17, 15) is 18.0 Å². The summed E-state index contributed by atoms with van der Waals surface area (Å²) in [6, 6.07) is 7.96. The number of aromatic nitrogens is 2. The Bertz CT molecular complexity index is 842. The number of hydrogen-bond acceptors (Lipinski definition) is 3. The van der Waals surface area contributed by atoms with Crippen molar-refractivity contribution in [1.29, 1.82) is 0 Å². The van der Waals surface area contributed by atoms with Gasteiger partial charge in [0.25, 0.3) is 6.43 Å². The fraction of sp³-hybridized carbons (Fsp3) is 0.500. The molecule has 4 rings (SSSR count). The quantitative estimate of drug-likeness (QED) is 0.758. The number of piperazine rings is 1. The summed E-state index contributed by atoms with van der Waals surface area (Å²) in [6.07, 6.45) is -0.706. The van der Waals surface area contributed by atoms with E-state index >= 15 is 0 Å². The molecule has 1 saturated carbocycles. The van der Waals surface area contributed by atoms with Crippen LogP contribution in [0.2, 0.25) is 0 Å². The average molecular weight is 392 g/mol. The first-order chi connectivity index (χ1) is 13.5. The normalized spacial score (nSPS) is 18.1. The molecule has 1 amide bonds. The smallest absolute Gasteiger partial charge is 0.282 e. The number of carbonyl (C=O) groups is 1. The third-order valence-electron chi connectivity index (χ3n) is 5.35. The van der Waals surface area contributed by atoms with E-state index < -0.39 is 6.43 Å². The molecule has 28 heavy (non-hydrogen) atoms. The lowest BCUT2D eigenvalue weighted by atomic mass is 10.2. The van der Waals surface area contributed by atoms with Crippen LogP contribution in [0.1, 0.15) is 42.1 Å². The Hall–Kier alpha value is -2.35. The van der Waals surface area contributed by atoms with Crippen molar-refractivity contribution in [3.05, 3.63) is 53.1 Å². The summed E-state index contributed by atoms with van der Waals surface area (Å²) in [5.74, 6) is -0.104. The largest absolute Gasteiger partial charge is 0.339 e. The molecule has 2 heterocycles. The van der Waals surface area contributed by atoms with E-state index in [2.05, 4.69) is 10.00 Å². The highest BCUT2D eigenvalue weighted by Crippen LogP contribution is 2.41. The van der Waals surface area contributed by atoms with Crippen LogP contribution in [0, 0.1) is 5.82 Å². The van der Waals surface area contributed by atoms with Gasteiger partial charge in [0.1, 0.15) is 18.1 Å². The molecule has 0 bridgehead atoms. The number of halogens is 3. The van der Waals surface area contributed by atoms with E-state index in [0.29, 0.717) is 32.7 Å². The highest BCUT2D eigenvalue weighted by Gasteiger charge is 2.31. The summed E-state index contributed by atoms with van der Waals surface area (Å²) in [6.45, 7) is 3.16. The van der Waals surface area contributed by atoms with Crippen molar-refractivity contribution in [1.82, 2.24) is 19.6 Å². The average Bonchev–Trinajstić information content (AvgIpc) is 3.42. The molecule has 0 atom stereocenters. The maximum Gasteiger partial charge on any atom is 0.282 e. The number of nitrogens with zero attached hydrogens (tertiary/aromatic N) is 4. The van der Waals surface area contributed by atoms with Gasteiger partial charge in [0.2, 0.25) is 5.91 Å². The van der Waals surface area contributed by atoms with Crippen molar-refractivity contribution in [2.75, 3.05) is 26.2 Å². The minimum atomic E-state index is -2.62. The van der Waals surface area contributed by atoms with E-state index in [1.54, 1.807) is 11.0 Å². The number of carbonyl (C=O) groups excluding carboxylic acids is 1. The van der Waals surface area contributed by atoms with Crippen molar-refractivity contribution >= 4 is 5.91 Å². The first-order valence-corrected chi connectivity index (χ1v) is 9.60. The van der Waals surface area contributed by atoms with E-state index in [4.69, 9.17) is 0 Å². The molecular weight excluding hydrogens is 369 g/mol. The van der Waals surface area contributed by atoms with Gasteiger partial charge in [-0.1, -0.05) is 12.1 Å². The van der Waals surface area contributed by atoms with Crippen LogP contribution in [-0.2, 0) is 17.9 Å². The first-order valence-electron chi connectivity index (χ1n) is 9.60. The molecule has 1 aliphatic carbocycles. The Kier molecular flexibility index (Phi) is 5.39. The highest BCUT2D eigenvalue weighted by molar-refractivity contribution is 5.76. The van der Waals surface area contributed by atoms with Crippen molar-refractivity contribution in [2.24, 2.45) is 0 Å². The van der Waals surface area contributed by atoms with Crippen molar-refractivity contribution < 1.29 is 18.0 Å². The minimum Gasteiger partial charge on any atom is -0.339 e. The van der Waals surface area contributed by atoms with Gasteiger partial charge >= 0.3 is 0 Å². The van der Waals surface area contributed by atoms with Crippen molar-refractivity contribution in [2.45, 2.75) is 38.3 Å². The third kappa shape index (κ3) is 4.38. The monoisotopic (exact) mass is 392 g/mol. The van der Waals surface area contributed by atoms with Crippen molar-refractivity contribution in [3.8, 4) is 0 Å². The molecular formula is C20H23F3N4O. The van der Waals surface area contributed by atoms with Crippen LogP contribution in [0.25, 0.3) is 0 Å². The standard InChI is InChI=1S/C20H23F3N4O/c21-16-3-1-2-14(10-16)12-25-6-8-26(9-7-25)19(28)13-27-18(15-4-5-15)11-17(24-27)20(22)23/h1-3,10-11,15,20H,4-9,12-13H2. The fourth-order valence-electron chi connectivity index (χ4n) is 3.67. The zero-order valence-electron chi connectivity index (χ0n) is 15.5. The molecule has 0 spiro atoms. The van der Waals surface area contributed by atoms with Crippen molar-refractivity contribution in [3.63, 3.8) is 0 Å². The maximum absolute atomic E-state index is 13.3. The van der Waals surface area contributed by atoms with Gasteiger partial charge in [-0.05, 0) is 36.6 Å². The van der Waals surface area contributed by atoms with Crippen LogP contribution in [0.3, 0.4) is 0 Å². The Balaban J connectivity index is 1.33. The summed E-state index contributed by atoms with van der Waals surface area (Å²) in [4.78, 5) is 16.6. The predicted octanol–water partition coefficient (Wildman–Crippen LogP) is 3.18. The van der Waals surface area contributed by atoms with Gasteiger partial charge in [0.15, 0.2) is 0 Å². The molecule has 150 valence electrons. The Morgan fingerprint density at radius 2 is 1.89 bits per heavy atom. The SMILES string of the molecule is O=C(Cn1nc(C(F)F)cc1C1CC1)N1CCN(Cc2cccc(F)c2)CC1. The van der Waals surface area contributed by atoms with Gasteiger partial charge in [-0.3, -0.25) is 14.4 Å². The van der Waals surface area contributed by atoms with Gasteiger partial charge in [-0.25, -0.2) is 13.2 Å². The molecule has 2 fully saturated rings. The molecule has 0 N–H and O–H groups in total. The van der Waals surface area contributed by atoms with Crippen LogP contribution in [0.4, 0.5) is 13.2 Å². The van der Waals surface area contributed by atoms with E-state index in [-0.39, 0.29) is 29.9 Å². The zero-order valence-corrected chi connectivity index (χ0v) is 15.5. The Labute approximate surface area is 161 Å². The van der Waals surface area contributed by atoms with Crippen LogP contribution in [0.5, 0.6) is 0 Å². The molecule has 2 aliphatic rings. The fourth-order valence-corrected chi connectivity index (χ4v) is 3.67. The van der Waals surface area contributed by atoms with Gasteiger partial charge in [0, 0.05) is 44.3 Å². The lowest BCUT2D eigenvalue weighted by molar-refractivity contribution is -0.133. The topological polar surface area (TPSA) is 41.4 Å². The maximum atomic E-state index is 13.3. The van der Waals surface area contributed by atoms with Gasteiger partial charge in [-0.15, -0.1) is 0 Å². The molecule has 0 unspecified atom stereocenters. The number of alkyl halides is 2. The minimum absolute atomic E-state index is 0.00243. The number of benzene rings is 1. The number of hydrogen-bond donors (Lipinski definition) is 0. The molecule has 0 radical (unpaired) electrons. The highest BCUT2D eigenvalue weighted by atomic mass is 19.3. The first kappa shape index (κ1) is 19.0. The second kappa shape index (κ2) is 7.95. The second-order valence-electron chi connectivity index (χ2n) is 7.51. The molecule has 1 saturated heterocycles. The second-order valence-corrected chi connectivity index (χ2v) is 7.51. The summed E-state index contributed by atoms with van der Waals surface area (Å²) in [5, 5.41) is 3.96. The number of amides is 1. The van der Waals surface area contributed by atoms with Crippen LogP contribution < -0.4 is 0 Å². The zero-order chi connectivity index (χ0) is 19.7. The van der Waals surface area contributed by atoms with Gasteiger partial charge in [-0.2, -0.15) is 5.10 Å². The van der Waals surface area contributed by atoms with Gasteiger partial charge in [0.05, 0.1) is 0 Å². The lowest BCUT2D eigenvalue weighted by Crippen LogP contribution is -2.49.